The van der Waals surface area contributed by atoms with Crippen LogP contribution < -0.4 is 21.7 Å². The lowest BCUT2D eigenvalue weighted by Gasteiger charge is -2.20. The number of urea groups is 1. The number of aryl methyl sites for hydroxylation is 1. The van der Waals surface area contributed by atoms with Crippen LogP contribution in [-0.4, -0.2) is 31.0 Å². The largest absolute Gasteiger partial charge is 0.464 e. The van der Waals surface area contributed by atoms with Crippen molar-refractivity contribution in [1.29, 1.82) is 5.41 Å². The molecule has 0 aliphatic rings. The molecule has 2 aromatic rings. The zero-order chi connectivity index (χ0) is 22.8. The summed E-state index contributed by atoms with van der Waals surface area (Å²) in [4.78, 5) is 24.8. The number of carbonyl (C=O) groups excluding carboxylic acids is 2. The van der Waals surface area contributed by atoms with Crippen LogP contribution in [0.1, 0.15) is 49.4 Å². The Kier molecular flexibility index (Phi) is 11.1. The second-order valence-corrected chi connectivity index (χ2v) is 7.19. The molecule has 0 fully saturated rings. The molecule has 0 heterocycles. The fourth-order valence-corrected chi connectivity index (χ4v) is 3.02. The summed E-state index contributed by atoms with van der Waals surface area (Å²) in [6.07, 6.45) is 1.90. The van der Waals surface area contributed by atoms with Gasteiger partial charge in [-0.25, -0.2) is 9.59 Å². The van der Waals surface area contributed by atoms with Crippen molar-refractivity contribution in [3.63, 3.8) is 0 Å². The van der Waals surface area contributed by atoms with Crippen molar-refractivity contribution in [1.82, 2.24) is 5.32 Å². The summed E-state index contributed by atoms with van der Waals surface area (Å²) < 4.78 is 5.26. The van der Waals surface area contributed by atoms with Crippen molar-refractivity contribution in [2.75, 3.05) is 23.8 Å². The Hall–Kier alpha value is -3.26. The van der Waals surface area contributed by atoms with Gasteiger partial charge in [-0.15, -0.1) is 12.4 Å². The number of hydrogen-bond donors (Lipinski definition) is 5. The maximum Gasteiger partial charge on any atom is 0.333 e. The molecule has 1 unspecified atom stereocenters. The first kappa shape index (κ1) is 26.8. The van der Waals surface area contributed by atoms with Crippen LogP contribution in [-0.2, 0) is 9.53 Å². The number of carbonyl (C=O) groups is 2. The Balaban J connectivity index is 0.00000512. The number of halogens is 1. The van der Waals surface area contributed by atoms with Gasteiger partial charge in [-0.05, 0) is 67.8 Å². The molecule has 9 heteroatoms. The van der Waals surface area contributed by atoms with Crippen molar-refractivity contribution in [2.45, 2.75) is 39.7 Å². The molecule has 0 aliphatic heterocycles. The third kappa shape index (κ3) is 8.11. The third-order valence-corrected chi connectivity index (χ3v) is 4.54. The van der Waals surface area contributed by atoms with E-state index in [0.717, 1.165) is 18.4 Å². The van der Waals surface area contributed by atoms with Gasteiger partial charge in [-0.3, -0.25) is 5.41 Å². The Labute approximate surface area is 195 Å². The molecular formula is C23H32ClN5O3. The number of nitrogens with one attached hydrogen (secondary N) is 4. The first-order valence-electron chi connectivity index (χ1n) is 10.4. The van der Waals surface area contributed by atoms with Crippen LogP contribution in [0.5, 0.6) is 0 Å². The van der Waals surface area contributed by atoms with Crippen LogP contribution in [0.3, 0.4) is 0 Å². The number of nitrogens with two attached hydrogens (primary N) is 1. The number of anilines is 2. The first-order chi connectivity index (χ1) is 14.8. The van der Waals surface area contributed by atoms with Crippen molar-refractivity contribution in [2.24, 2.45) is 5.73 Å². The minimum Gasteiger partial charge on any atom is -0.464 e. The topological polar surface area (TPSA) is 129 Å². The third-order valence-electron chi connectivity index (χ3n) is 4.54. The summed E-state index contributed by atoms with van der Waals surface area (Å²) in [5.74, 6) is -0.456. The average Bonchev–Trinajstić information content (AvgIpc) is 2.72. The molecule has 2 amide bonds. The highest BCUT2D eigenvalue weighted by Crippen LogP contribution is 2.25. The van der Waals surface area contributed by atoms with E-state index in [-0.39, 0.29) is 30.9 Å². The molecule has 2 rings (SSSR count). The highest BCUT2D eigenvalue weighted by Gasteiger charge is 2.23. The van der Waals surface area contributed by atoms with Crippen molar-refractivity contribution in [3.05, 3.63) is 59.2 Å². The second kappa shape index (κ2) is 13.2. The normalized spacial score (nSPS) is 11.0. The summed E-state index contributed by atoms with van der Waals surface area (Å²) in [5, 5.41) is 16.3. The molecule has 0 radical (unpaired) electrons. The minimum absolute atomic E-state index is 0. The second-order valence-electron chi connectivity index (χ2n) is 7.19. The summed E-state index contributed by atoms with van der Waals surface area (Å²) in [7, 11) is 0. The van der Waals surface area contributed by atoms with Gasteiger partial charge in [0.1, 0.15) is 5.84 Å². The number of amidine groups is 1. The molecule has 0 spiro atoms. The van der Waals surface area contributed by atoms with E-state index in [1.807, 2.05) is 19.1 Å². The number of unbranched alkanes of at least 4 members (excludes halogenated alkanes) is 1. The number of nitrogen functional groups attached to an aromatic ring is 1. The van der Waals surface area contributed by atoms with Gasteiger partial charge in [0.15, 0.2) is 6.04 Å². The number of benzene rings is 2. The highest BCUT2D eigenvalue weighted by molar-refractivity contribution is 5.95. The molecule has 1 atom stereocenters. The number of amides is 2. The van der Waals surface area contributed by atoms with Crippen LogP contribution in [0.2, 0.25) is 0 Å². The van der Waals surface area contributed by atoms with Gasteiger partial charge in [-0.2, -0.15) is 0 Å². The van der Waals surface area contributed by atoms with E-state index in [1.165, 1.54) is 0 Å². The summed E-state index contributed by atoms with van der Waals surface area (Å²) in [6.45, 7) is 6.55. The smallest absolute Gasteiger partial charge is 0.333 e. The molecule has 174 valence electrons. The van der Waals surface area contributed by atoms with Gasteiger partial charge in [-0.1, -0.05) is 19.4 Å². The van der Waals surface area contributed by atoms with E-state index in [1.54, 1.807) is 37.3 Å². The molecule has 0 saturated heterocycles. The highest BCUT2D eigenvalue weighted by atomic mass is 35.5. The molecule has 2 aromatic carbocycles. The van der Waals surface area contributed by atoms with Gasteiger partial charge >= 0.3 is 12.0 Å². The van der Waals surface area contributed by atoms with E-state index in [0.29, 0.717) is 29.0 Å². The fraction of sp³-hybridized carbons (Fsp3) is 0.348. The van der Waals surface area contributed by atoms with E-state index >= 15 is 0 Å². The number of hydrogen-bond acceptors (Lipinski definition) is 5. The van der Waals surface area contributed by atoms with Gasteiger partial charge in [0, 0.05) is 23.5 Å². The van der Waals surface area contributed by atoms with Crippen LogP contribution in [0.25, 0.3) is 0 Å². The monoisotopic (exact) mass is 461 g/mol. The SMILES string of the molecule is CCCCNC(=O)Nc1cc(C)cc(C(Nc2ccc(C(=N)N)cc2)C(=O)OCC)c1.Cl. The van der Waals surface area contributed by atoms with Gasteiger partial charge in [0.25, 0.3) is 0 Å². The number of ether oxygens (including phenoxy) is 1. The fourth-order valence-electron chi connectivity index (χ4n) is 3.02. The average molecular weight is 462 g/mol. The van der Waals surface area contributed by atoms with E-state index in [2.05, 4.69) is 22.9 Å². The van der Waals surface area contributed by atoms with Crippen molar-refractivity contribution in [3.8, 4) is 0 Å². The minimum atomic E-state index is -0.772. The Bertz CT molecular complexity index is 918. The Morgan fingerprint density at radius 3 is 2.38 bits per heavy atom. The van der Waals surface area contributed by atoms with Gasteiger partial charge < -0.3 is 26.4 Å². The van der Waals surface area contributed by atoms with Crippen molar-refractivity contribution >= 4 is 41.6 Å². The number of esters is 1. The van der Waals surface area contributed by atoms with Gasteiger partial charge in [0.05, 0.1) is 6.61 Å². The molecule has 0 aliphatic carbocycles. The molecule has 0 saturated carbocycles. The maximum absolute atomic E-state index is 12.7. The predicted octanol–water partition coefficient (Wildman–Crippen LogP) is 4.34. The quantitative estimate of drug-likeness (QED) is 0.155. The Morgan fingerprint density at radius 2 is 1.78 bits per heavy atom. The number of rotatable bonds is 10. The van der Waals surface area contributed by atoms with Crippen LogP contribution in [0, 0.1) is 12.3 Å². The molecule has 8 nitrogen and oxygen atoms in total. The molecule has 0 bridgehead atoms. The molecule has 6 N–H and O–H groups in total. The van der Waals surface area contributed by atoms with Gasteiger partial charge in [0.2, 0.25) is 0 Å². The summed E-state index contributed by atoms with van der Waals surface area (Å²) >= 11 is 0. The standard InChI is InChI=1S/C23H31N5O3.ClH/c1-4-6-11-26-23(30)28-19-13-15(3)12-17(14-19)20(22(29)31-5-2)27-18-9-7-16(8-10-18)21(24)25;/h7-10,12-14,20,27H,4-6,11H2,1-3H3,(H3,24,25)(H2,26,28,30);1H. The van der Waals surface area contributed by atoms with E-state index in [9.17, 15) is 9.59 Å². The van der Waals surface area contributed by atoms with Crippen molar-refractivity contribution < 1.29 is 14.3 Å². The zero-order valence-corrected chi connectivity index (χ0v) is 19.5. The Morgan fingerprint density at radius 1 is 1.09 bits per heavy atom. The first-order valence-corrected chi connectivity index (χ1v) is 10.4. The van der Waals surface area contributed by atoms with Crippen LogP contribution in [0.4, 0.5) is 16.2 Å². The predicted molar refractivity (Wildman–Crippen MR) is 131 cm³/mol. The zero-order valence-electron chi connectivity index (χ0n) is 18.7. The van der Waals surface area contributed by atoms with E-state index < -0.39 is 12.0 Å². The lowest BCUT2D eigenvalue weighted by atomic mass is 10.0. The lowest BCUT2D eigenvalue weighted by Crippen LogP contribution is -2.29. The summed E-state index contributed by atoms with van der Waals surface area (Å²) in [5.41, 5.74) is 8.92. The van der Waals surface area contributed by atoms with Crippen LogP contribution in [0.15, 0.2) is 42.5 Å². The molecule has 0 aromatic heterocycles. The summed E-state index contributed by atoms with van der Waals surface area (Å²) in [6, 6.07) is 11.3. The molecule has 32 heavy (non-hydrogen) atoms. The lowest BCUT2D eigenvalue weighted by molar-refractivity contribution is -0.144. The van der Waals surface area contributed by atoms with Crippen LogP contribution >= 0.6 is 12.4 Å². The maximum atomic E-state index is 12.7. The molecular weight excluding hydrogens is 430 g/mol. The van der Waals surface area contributed by atoms with E-state index in [4.69, 9.17) is 15.9 Å².